The fourth-order valence-electron chi connectivity index (χ4n) is 1.30. The number of anilines is 1. The maximum Gasteiger partial charge on any atom is 0.239 e. The molecule has 0 atom stereocenters. The fraction of sp³-hybridized carbons (Fsp3) is 0.364. The Morgan fingerprint density at radius 2 is 1.95 bits per heavy atom. The summed E-state index contributed by atoms with van der Waals surface area (Å²) in [6, 6.07) is 2.86. The third kappa shape index (κ3) is 5.31. The summed E-state index contributed by atoms with van der Waals surface area (Å²) in [5.41, 5.74) is 0.0542. The number of carbonyl (C=O) groups is 1. The van der Waals surface area contributed by atoms with Crippen LogP contribution in [-0.2, 0) is 14.8 Å². The van der Waals surface area contributed by atoms with E-state index in [0.29, 0.717) is 6.42 Å². The van der Waals surface area contributed by atoms with Gasteiger partial charge in [0.1, 0.15) is 0 Å². The number of benzene rings is 1. The fourth-order valence-corrected chi connectivity index (χ4v) is 2.33. The highest BCUT2D eigenvalue weighted by molar-refractivity contribution is 7.89. The Balaban J connectivity index is 2.54. The van der Waals surface area contributed by atoms with Crippen LogP contribution in [0.4, 0.5) is 14.5 Å². The summed E-state index contributed by atoms with van der Waals surface area (Å²) in [5, 5.41) is 2.25. The van der Waals surface area contributed by atoms with Crippen molar-refractivity contribution in [2.75, 3.05) is 17.6 Å². The molecule has 0 aromatic heterocycles. The van der Waals surface area contributed by atoms with E-state index in [1.165, 1.54) is 6.07 Å². The molecule has 1 aromatic carbocycles. The summed E-state index contributed by atoms with van der Waals surface area (Å²) in [6.45, 7) is 1.24. The van der Waals surface area contributed by atoms with Gasteiger partial charge in [-0.05, 0) is 18.6 Å². The number of halogens is 2. The van der Waals surface area contributed by atoms with E-state index < -0.39 is 34.1 Å². The second-order valence-electron chi connectivity index (χ2n) is 3.82. The van der Waals surface area contributed by atoms with E-state index in [9.17, 15) is 22.0 Å². The van der Waals surface area contributed by atoms with Crippen LogP contribution in [0.25, 0.3) is 0 Å². The minimum atomic E-state index is -3.48. The van der Waals surface area contributed by atoms with Crippen LogP contribution in [-0.4, -0.2) is 26.6 Å². The number of carbonyl (C=O) groups excluding carboxylic acids is 1. The molecule has 1 amide bonds. The van der Waals surface area contributed by atoms with Gasteiger partial charge in [0.25, 0.3) is 0 Å². The van der Waals surface area contributed by atoms with Crippen molar-refractivity contribution in [3.05, 3.63) is 29.8 Å². The van der Waals surface area contributed by atoms with Gasteiger partial charge < -0.3 is 5.32 Å². The number of amides is 1. The third-order valence-corrected chi connectivity index (χ3v) is 3.66. The van der Waals surface area contributed by atoms with E-state index in [1.54, 1.807) is 6.92 Å². The first kappa shape index (κ1) is 15.5. The summed E-state index contributed by atoms with van der Waals surface area (Å²) in [7, 11) is -3.48. The van der Waals surface area contributed by atoms with E-state index in [4.69, 9.17) is 0 Å². The highest BCUT2D eigenvalue weighted by atomic mass is 32.2. The molecule has 0 aliphatic carbocycles. The standard InChI is InChI=1S/C11H14F2N2O3S/c1-2-5-19(17,18)14-7-11(16)15-8-3-4-9(12)10(13)6-8/h3-4,6,14H,2,5,7H2,1H3,(H,15,16). The van der Waals surface area contributed by atoms with Crippen LogP contribution in [0.15, 0.2) is 18.2 Å². The number of rotatable bonds is 6. The highest BCUT2D eigenvalue weighted by Gasteiger charge is 2.11. The molecule has 0 aliphatic heterocycles. The molecule has 2 N–H and O–H groups in total. The zero-order valence-corrected chi connectivity index (χ0v) is 11.1. The van der Waals surface area contributed by atoms with Gasteiger partial charge in [0.15, 0.2) is 11.6 Å². The van der Waals surface area contributed by atoms with Gasteiger partial charge >= 0.3 is 0 Å². The second kappa shape index (κ2) is 6.58. The maximum atomic E-state index is 12.9. The largest absolute Gasteiger partial charge is 0.325 e. The van der Waals surface area contributed by atoms with Crippen molar-refractivity contribution in [3.63, 3.8) is 0 Å². The summed E-state index contributed by atoms with van der Waals surface area (Å²) >= 11 is 0. The predicted octanol–water partition coefficient (Wildman–Crippen LogP) is 1.23. The quantitative estimate of drug-likeness (QED) is 0.828. The Labute approximate surface area is 110 Å². The van der Waals surface area contributed by atoms with Gasteiger partial charge in [-0.25, -0.2) is 21.9 Å². The van der Waals surface area contributed by atoms with E-state index in [-0.39, 0.29) is 11.4 Å². The van der Waals surface area contributed by atoms with Crippen molar-refractivity contribution in [3.8, 4) is 0 Å². The molecule has 8 heteroatoms. The summed E-state index contributed by atoms with van der Waals surface area (Å²) in [5.74, 6) is -2.86. The topological polar surface area (TPSA) is 75.3 Å². The summed E-state index contributed by atoms with van der Waals surface area (Å²) in [6.07, 6.45) is 0.431. The van der Waals surface area contributed by atoms with E-state index in [0.717, 1.165) is 12.1 Å². The predicted molar refractivity (Wildman–Crippen MR) is 67.1 cm³/mol. The zero-order chi connectivity index (χ0) is 14.5. The van der Waals surface area contributed by atoms with Crippen molar-refractivity contribution >= 4 is 21.6 Å². The minimum Gasteiger partial charge on any atom is -0.325 e. The molecule has 1 rings (SSSR count). The zero-order valence-electron chi connectivity index (χ0n) is 10.2. The first-order valence-electron chi connectivity index (χ1n) is 5.56. The van der Waals surface area contributed by atoms with Gasteiger partial charge in [0.2, 0.25) is 15.9 Å². The molecular weight excluding hydrogens is 278 g/mol. The van der Waals surface area contributed by atoms with Crippen molar-refractivity contribution in [2.24, 2.45) is 0 Å². The second-order valence-corrected chi connectivity index (χ2v) is 5.74. The van der Waals surface area contributed by atoms with Gasteiger partial charge in [-0.1, -0.05) is 6.92 Å². The van der Waals surface area contributed by atoms with E-state index >= 15 is 0 Å². The normalized spacial score (nSPS) is 11.3. The van der Waals surface area contributed by atoms with Crippen LogP contribution in [0.2, 0.25) is 0 Å². The third-order valence-electron chi connectivity index (χ3n) is 2.13. The van der Waals surface area contributed by atoms with Crippen molar-refractivity contribution in [2.45, 2.75) is 13.3 Å². The van der Waals surface area contributed by atoms with Crippen LogP contribution >= 0.6 is 0 Å². The van der Waals surface area contributed by atoms with E-state index in [1.807, 2.05) is 0 Å². The van der Waals surface area contributed by atoms with Gasteiger partial charge in [-0.2, -0.15) is 0 Å². The van der Waals surface area contributed by atoms with Crippen LogP contribution < -0.4 is 10.0 Å². The lowest BCUT2D eigenvalue weighted by Crippen LogP contribution is -2.34. The van der Waals surface area contributed by atoms with E-state index in [2.05, 4.69) is 10.0 Å². The number of hydrogen-bond donors (Lipinski definition) is 2. The highest BCUT2D eigenvalue weighted by Crippen LogP contribution is 2.12. The van der Waals surface area contributed by atoms with Gasteiger partial charge in [0, 0.05) is 11.8 Å². The Kier molecular flexibility index (Phi) is 5.37. The smallest absolute Gasteiger partial charge is 0.239 e. The molecule has 19 heavy (non-hydrogen) atoms. The van der Waals surface area contributed by atoms with Gasteiger partial charge in [-0.3, -0.25) is 4.79 Å². The maximum absolute atomic E-state index is 12.9. The lowest BCUT2D eigenvalue weighted by molar-refractivity contribution is -0.115. The van der Waals surface area contributed by atoms with Crippen LogP contribution in [0.1, 0.15) is 13.3 Å². The van der Waals surface area contributed by atoms with Crippen molar-refractivity contribution in [1.29, 1.82) is 0 Å². The monoisotopic (exact) mass is 292 g/mol. The van der Waals surface area contributed by atoms with Crippen LogP contribution in [0.5, 0.6) is 0 Å². The van der Waals surface area contributed by atoms with Crippen molar-refractivity contribution in [1.82, 2.24) is 4.72 Å². The molecule has 0 radical (unpaired) electrons. The lowest BCUT2D eigenvalue weighted by Gasteiger charge is -2.07. The van der Waals surface area contributed by atoms with Crippen molar-refractivity contribution < 1.29 is 22.0 Å². The Bertz CT molecular complexity index is 561. The number of nitrogens with one attached hydrogen (secondary N) is 2. The molecule has 0 spiro atoms. The SMILES string of the molecule is CCCS(=O)(=O)NCC(=O)Nc1ccc(F)c(F)c1. The lowest BCUT2D eigenvalue weighted by atomic mass is 10.3. The minimum absolute atomic E-state index is 0.0542. The molecule has 0 fully saturated rings. The Morgan fingerprint density at radius 1 is 1.26 bits per heavy atom. The number of sulfonamides is 1. The molecule has 0 saturated carbocycles. The Hall–Kier alpha value is -1.54. The molecular formula is C11H14F2N2O3S. The molecule has 0 bridgehead atoms. The number of hydrogen-bond acceptors (Lipinski definition) is 3. The summed E-state index contributed by atoms with van der Waals surface area (Å²) < 4.78 is 50.2. The summed E-state index contributed by atoms with van der Waals surface area (Å²) in [4.78, 5) is 11.4. The molecule has 0 saturated heterocycles. The molecule has 0 unspecified atom stereocenters. The first-order valence-corrected chi connectivity index (χ1v) is 7.21. The Morgan fingerprint density at radius 3 is 2.53 bits per heavy atom. The van der Waals surface area contributed by atoms with Crippen LogP contribution in [0.3, 0.4) is 0 Å². The molecule has 0 heterocycles. The van der Waals surface area contributed by atoms with Crippen LogP contribution in [0, 0.1) is 11.6 Å². The van der Waals surface area contributed by atoms with Gasteiger partial charge in [0.05, 0.1) is 12.3 Å². The molecule has 0 aliphatic rings. The average molecular weight is 292 g/mol. The van der Waals surface area contributed by atoms with Gasteiger partial charge in [-0.15, -0.1) is 0 Å². The first-order chi connectivity index (χ1) is 8.84. The molecule has 5 nitrogen and oxygen atoms in total. The molecule has 1 aromatic rings. The molecule has 106 valence electrons. The average Bonchev–Trinajstić information content (AvgIpc) is 2.32.